The number of carboxylic acid groups (broad SMARTS) is 1. The number of anilines is 1. The van der Waals surface area contributed by atoms with Gasteiger partial charge in [-0.05, 0) is 60.5 Å². The van der Waals surface area contributed by atoms with E-state index < -0.39 is 23.5 Å². The summed E-state index contributed by atoms with van der Waals surface area (Å²) < 4.78 is 32.1. The molecule has 1 aromatic heterocycles. The van der Waals surface area contributed by atoms with Gasteiger partial charge in [0, 0.05) is 18.8 Å². The van der Waals surface area contributed by atoms with Crippen molar-refractivity contribution in [3.05, 3.63) is 58.3 Å². The number of carbonyl (C=O) groups is 2. The van der Waals surface area contributed by atoms with Crippen LogP contribution in [-0.2, 0) is 4.74 Å². The summed E-state index contributed by atoms with van der Waals surface area (Å²) in [5.74, 6) is -1.89. The molecule has 39 heavy (non-hydrogen) atoms. The maximum atomic E-state index is 14.9. The van der Waals surface area contributed by atoms with Gasteiger partial charge in [0.15, 0.2) is 5.82 Å². The number of aromatic carboxylic acids is 1. The number of amides is 1. The Balaban J connectivity index is 1.76. The smallest absolute Gasteiger partial charge is 0.377 e. The lowest BCUT2D eigenvalue weighted by atomic mass is 9.94. The molecule has 1 N–H and O–H groups in total. The topological polar surface area (TPSA) is 138 Å². The van der Waals surface area contributed by atoms with Crippen molar-refractivity contribution in [3.63, 3.8) is 0 Å². The summed E-state index contributed by atoms with van der Waals surface area (Å²) in [6, 6.07) is 7.18. The molecule has 0 spiro atoms. The van der Waals surface area contributed by atoms with Crippen molar-refractivity contribution in [2.75, 3.05) is 25.7 Å². The summed E-state index contributed by atoms with van der Waals surface area (Å²) in [5.41, 5.74) is -1.19. The Morgan fingerprint density at radius 3 is 2.54 bits per heavy atom. The monoisotopic (exact) mass is 543 g/mol. The van der Waals surface area contributed by atoms with E-state index in [1.807, 2.05) is 0 Å². The predicted molar refractivity (Wildman–Crippen MR) is 138 cm³/mol. The standard InChI is InChI=1S/C26H30FN5O7/c1-16(37-2)15-39-22-11-7-10-20(27)23(22)31-26(36)32(29-28-31)25(35)30(17-8-5-4-6-9-17)18-12-13-21(38-3)19(14-18)24(33)34/h7,10-14,16-17H,4-6,8-9,15H2,1-3H3,(H,33,34). The Bertz CT molecular complexity index is 1400. The number of para-hydroxylation sites is 1. The molecule has 13 heteroatoms. The fourth-order valence-electron chi connectivity index (χ4n) is 4.53. The van der Waals surface area contributed by atoms with Gasteiger partial charge in [0.2, 0.25) is 0 Å². The average Bonchev–Trinajstić information content (AvgIpc) is 3.32. The zero-order valence-electron chi connectivity index (χ0n) is 21.9. The van der Waals surface area contributed by atoms with Gasteiger partial charge in [-0.3, -0.25) is 4.90 Å². The first-order valence-corrected chi connectivity index (χ1v) is 12.5. The largest absolute Gasteiger partial charge is 0.496 e. The van der Waals surface area contributed by atoms with Crippen LogP contribution in [0.15, 0.2) is 41.2 Å². The highest BCUT2D eigenvalue weighted by molar-refractivity contribution is 5.97. The summed E-state index contributed by atoms with van der Waals surface area (Å²) >= 11 is 0. The summed E-state index contributed by atoms with van der Waals surface area (Å²) in [4.78, 5) is 40.4. The lowest BCUT2D eigenvalue weighted by Gasteiger charge is -2.33. The number of methoxy groups -OCH3 is 2. The Hall–Kier alpha value is -4.26. The van der Waals surface area contributed by atoms with Gasteiger partial charge in [-0.25, -0.2) is 18.8 Å². The third-order valence-corrected chi connectivity index (χ3v) is 6.64. The van der Waals surface area contributed by atoms with E-state index in [1.165, 1.54) is 43.4 Å². The van der Waals surface area contributed by atoms with Gasteiger partial charge in [-0.1, -0.05) is 25.3 Å². The Morgan fingerprint density at radius 2 is 1.87 bits per heavy atom. The van der Waals surface area contributed by atoms with E-state index in [4.69, 9.17) is 14.2 Å². The first kappa shape index (κ1) is 27.8. The minimum Gasteiger partial charge on any atom is -0.496 e. The zero-order valence-corrected chi connectivity index (χ0v) is 21.9. The number of carboxylic acids is 1. The molecular weight excluding hydrogens is 513 g/mol. The van der Waals surface area contributed by atoms with Crippen molar-refractivity contribution in [2.45, 2.75) is 51.2 Å². The van der Waals surface area contributed by atoms with Crippen LogP contribution in [0.5, 0.6) is 11.5 Å². The molecule has 208 valence electrons. The molecule has 0 aliphatic heterocycles. The fourth-order valence-corrected chi connectivity index (χ4v) is 4.53. The predicted octanol–water partition coefficient (Wildman–Crippen LogP) is 3.50. The van der Waals surface area contributed by atoms with Crippen molar-refractivity contribution in [2.24, 2.45) is 0 Å². The molecule has 1 atom stereocenters. The molecule has 1 unspecified atom stereocenters. The first-order chi connectivity index (χ1) is 18.8. The van der Waals surface area contributed by atoms with Gasteiger partial charge in [-0.15, -0.1) is 4.68 Å². The quantitative estimate of drug-likeness (QED) is 0.402. The molecule has 0 saturated heterocycles. The number of ether oxygens (including phenoxy) is 3. The summed E-state index contributed by atoms with van der Waals surface area (Å²) in [7, 11) is 2.85. The van der Waals surface area contributed by atoms with Crippen LogP contribution in [0.2, 0.25) is 0 Å². The van der Waals surface area contributed by atoms with Crippen LogP contribution >= 0.6 is 0 Å². The number of rotatable bonds is 9. The number of benzene rings is 2. The van der Waals surface area contributed by atoms with Gasteiger partial charge >= 0.3 is 17.7 Å². The molecule has 0 bridgehead atoms. The van der Waals surface area contributed by atoms with E-state index >= 15 is 0 Å². The highest BCUT2D eigenvalue weighted by atomic mass is 19.1. The number of halogens is 1. The molecule has 1 aliphatic rings. The van der Waals surface area contributed by atoms with E-state index in [2.05, 4.69) is 10.4 Å². The van der Waals surface area contributed by atoms with Crippen molar-refractivity contribution in [1.29, 1.82) is 0 Å². The summed E-state index contributed by atoms with van der Waals surface area (Å²) in [5, 5.41) is 17.2. The van der Waals surface area contributed by atoms with Gasteiger partial charge < -0.3 is 19.3 Å². The van der Waals surface area contributed by atoms with Gasteiger partial charge in [0.05, 0.1) is 13.2 Å². The maximum Gasteiger partial charge on any atom is 0.377 e. The molecule has 4 rings (SSSR count). The maximum absolute atomic E-state index is 14.9. The molecule has 2 aromatic carbocycles. The molecule has 0 radical (unpaired) electrons. The molecule has 12 nitrogen and oxygen atoms in total. The average molecular weight is 544 g/mol. The second kappa shape index (κ2) is 12.1. The number of hydrogen-bond donors (Lipinski definition) is 1. The molecule has 1 fully saturated rings. The third-order valence-electron chi connectivity index (χ3n) is 6.64. The van der Waals surface area contributed by atoms with Crippen LogP contribution in [0.4, 0.5) is 14.9 Å². The van der Waals surface area contributed by atoms with Crippen LogP contribution in [0.25, 0.3) is 5.69 Å². The van der Waals surface area contributed by atoms with Crippen molar-refractivity contribution < 1.29 is 33.3 Å². The van der Waals surface area contributed by atoms with Crippen LogP contribution in [-0.4, -0.2) is 69.9 Å². The minimum absolute atomic E-state index is 0.0193. The number of nitrogens with zero attached hydrogens (tertiary/aromatic N) is 5. The lowest BCUT2D eigenvalue weighted by Crippen LogP contribution is -2.47. The highest BCUT2D eigenvalue weighted by Crippen LogP contribution is 2.31. The Labute approximate surface area is 223 Å². The molecule has 1 amide bonds. The van der Waals surface area contributed by atoms with Crippen LogP contribution in [0.3, 0.4) is 0 Å². The van der Waals surface area contributed by atoms with Crippen molar-refractivity contribution in [1.82, 2.24) is 19.8 Å². The van der Waals surface area contributed by atoms with Gasteiger partial charge in [-0.2, -0.15) is 4.68 Å². The molecule has 1 heterocycles. The van der Waals surface area contributed by atoms with E-state index in [0.717, 1.165) is 25.3 Å². The van der Waals surface area contributed by atoms with E-state index in [0.29, 0.717) is 22.2 Å². The second-order valence-electron chi connectivity index (χ2n) is 9.16. The van der Waals surface area contributed by atoms with Gasteiger partial charge in [0.25, 0.3) is 0 Å². The van der Waals surface area contributed by atoms with Crippen LogP contribution < -0.4 is 20.1 Å². The molecule has 1 aliphatic carbocycles. The second-order valence-corrected chi connectivity index (χ2v) is 9.16. The van der Waals surface area contributed by atoms with Crippen LogP contribution in [0, 0.1) is 5.82 Å². The van der Waals surface area contributed by atoms with E-state index in [-0.39, 0.29) is 47.2 Å². The minimum atomic E-state index is -1.23. The van der Waals surface area contributed by atoms with Crippen LogP contribution in [0.1, 0.15) is 49.4 Å². The van der Waals surface area contributed by atoms with Gasteiger partial charge in [0.1, 0.15) is 29.4 Å². The van der Waals surface area contributed by atoms with E-state index in [1.54, 1.807) is 13.0 Å². The van der Waals surface area contributed by atoms with Crippen molar-refractivity contribution >= 4 is 17.7 Å². The third kappa shape index (κ3) is 5.77. The van der Waals surface area contributed by atoms with E-state index in [9.17, 15) is 23.9 Å². The number of hydrogen-bond acceptors (Lipinski definition) is 8. The molecular formula is C26H30FN5O7. The zero-order chi connectivity index (χ0) is 28.1. The molecule has 3 aromatic rings. The molecule has 1 saturated carbocycles. The van der Waals surface area contributed by atoms with Crippen molar-refractivity contribution in [3.8, 4) is 17.2 Å². The normalized spacial score (nSPS) is 14.6. The number of tetrazole rings is 1. The first-order valence-electron chi connectivity index (χ1n) is 12.5. The SMILES string of the molecule is COc1ccc(N(C(=O)n2nnn(-c3c(F)cccc3OCC(C)OC)c2=O)C2CCCCC2)cc1C(=O)O. The Morgan fingerprint density at radius 1 is 1.13 bits per heavy atom. The Kier molecular flexibility index (Phi) is 8.59. The summed E-state index contributed by atoms with van der Waals surface area (Å²) in [6.45, 7) is 1.84. The fraction of sp³-hybridized carbons (Fsp3) is 0.423. The number of aromatic nitrogens is 4. The highest BCUT2D eigenvalue weighted by Gasteiger charge is 2.32. The summed E-state index contributed by atoms with van der Waals surface area (Å²) in [6.07, 6.45) is 3.69. The number of carbonyl (C=O) groups excluding carboxylic acids is 1. The lowest BCUT2D eigenvalue weighted by molar-refractivity contribution is 0.0693.